The van der Waals surface area contributed by atoms with E-state index in [1.54, 1.807) is 12.3 Å². The molecule has 0 aromatic rings. The number of nitrogens with one attached hydrogen (secondary N) is 1. The van der Waals surface area contributed by atoms with E-state index in [0.717, 1.165) is 5.84 Å². The van der Waals surface area contributed by atoms with Crippen molar-refractivity contribution in [3.8, 4) is 0 Å². The number of nitrogens with two attached hydrogens (primary N) is 1. The van der Waals surface area contributed by atoms with E-state index in [4.69, 9.17) is 5.73 Å². The van der Waals surface area contributed by atoms with Crippen molar-refractivity contribution in [1.29, 1.82) is 0 Å². The summed E-state index contributed by atoms with van der Waals surface area (Å²) in [7, 11) is 0. The highest BCUT2D eigenvalue weighted by Gasteiger charge is 1.97. The zero-order chi connectivity index (χ0) is 5.98. The zero-order valence-electron chi connectivity index (χ0n) is 4.76. The second-order valence-corrected chi connectivity index (χ2v) is 1.71. The summed E-state index contributed by atoms with van der Waals surface area (Å²) < 4.78 is 0. The van der Waals surface area contributed by atoms with Crippen LogP contribution in [0.25, 0.3) is 0 Å². The van der Waals surface area contributed by atoms with Crippen molar-refractivity contribution in [3.05, 3.63) is 12.3 Å². The number of nitrogens with zero attached hydrogens (tertiary/aromatic N) is 1. The quantitative estimate of drug-likeness (QED) is 0.455. The van der Waals surface area contributed by atoms with Gasteiger partial charge in [0.25, 0.3) is 0 Å². The lowest BCUT2D eigenvalue weighted by molar-refractivity contribution is 0.841. The van der Waals surface area contributed by atoms with Crippen LogP contribution in [-0.2, 0) is 0 Å². The van der Waals surface area contributed by atoms with Gasteiger partial charge in [-0.15, -0.1) is 0 Å². The molecule has 1 unspecified atom stereocenters. The van der Waals surface area contributed by atoms with Crippen molar-refractivity contribution >= 4 is 5.84 Å². The van der Waals surface area contributed by atoms with Crippen LogP contribution in [0.3, 0.4) is 0 Å². The van der Waals surface area contributed by atoms with Crippen LogP contribution in [0.15, 0.2) is 17.3 Å². The third kappa shape index (κ3) is 1.07. The summed E-state index contributed by atoms with van der Waals surface area (Å²) in [6.07, 6.45) is 3.45. The number of hydrogen-bond donors (Lipinski definition) is 2. The molecule has 0 saturated heterocycles. The first-order valence-electron chi connectivity index (χ1n) is 2.52. The van der Waals surface area contributed by atoms with Crippen LogP contribution in [0.2, 0.25) is 0 Å². The van der Waals surface area contributed by atoms with Gasteiger partial charge in [-0.25, -0.2) is 4.99 Å². The fourth-order valence-corrected chi connectivity index (χ4v) is 0.571. The van der Waals surface area contributed by atoms with E-state index in [2.05, 4.69) is 10.3 Å². The molecule has 0 spiro atoms. The van der Waals surface area contributed by atoms with Gasteiger partial charge in [-0.3, -0.25) is 0 Å². The molecule has 3 heteroatoms. The van der Waals surface area contributed by atoms with Crippen molar-refractivity contribution in [3.63, 3.8) is 0 Å². The topological polar surface area (TPSA) is 50.4 Å². The van der Waals surface area contributed by atoms with Gasteiger partial charge in [0, 0.05) is 6.20 Å². The second-order valence-electron chi connectivity index (χ2n) is 1.71. The maximum atomic E-state index is 5.41. The summed E-state index contributed by atoms with van der Waals surface area (Å²) in [6, 6.07) is 0. The molecule has 8 heavy (non-hydrogen) atoms. The van der Waals surface area contributed by atoms with Gasteiger partial charge < -0.3 is 11.1 Å². The Morgan fingerprint density at radius 2 is 2.62 bits per heavy atom. The predicted octanol–water partition coefficient (Wildman–Crippen LogP) is -0.193. The highest BCUT2D eigenvalue weighted by molar-refractivity contribution is 5.81. The van der Waals surface area contributed by atoms with Crippen LogP contribution in [0.5, 0.6) is 0 Å². The molecule has 0 fully saturated rings. The summed E-state index contributed by atoms with van der Waals surface area (Å²) in [5.41, 5.74) is 5.41. The first kappa shape index (κ1) is 5.31. The molecule has 1 heterocycles. The Balaban J connectivity index is 2.60. The van der Waals surface area contributed by atoms with Crippen molar-refractivity contribution in [2.75, 3.05) is 0 Å². The molecule has 1 atom stereocenters. The van der Waals surface area contributed by atoms with E-state index in [9.17, 15) is 0 Å². The average Bonchev–Trinajstić information content (AvgIpc) is 1.64. The molecule has 1 aliphatic rings. The molecule has 0 aliphatic carbocycles. The van der Waals surface area contributed by atoms with Gasteiger partial charge in [-0.1, -0.05) is 0 Å². The van der Waals surface area contributed by atoms with Crippen LogP contribution in [-0.4, -0.2) is 12.0 Å². The molecule has 0 saturated carbocycles. The molecule has 1 aliphatic heterocycles. The Bertz CT molecular complexity index is 137. The Morgan fingerprint density at radius 3 is 3.00 bits per heavy atom. The number of aliphatic imine (C=N–C) groups is 1. The minimum absolute atomic E-state index is 0.142. The van der Waals surface area contributed by atoms with Gasteiger partial charge in [0.1, 0.15) is 6.17 Å². The van der Waals surface area contributed by atoms with Crippen LogP contribution in [0.1, 0.15) is 6.92 Å². The van der Waals surface area contributed by atoms with Gasteiger partial charge in [-0.05, 0) is 13.0 Å². The summed E-state index contributed by atoms with van der Waals surface area (Å²) in [4.78, 5) is 3.98. The normalized spacial score (nSPS) is 26.8. The van der Waals surface area contributed by atoms with Crippen LogP contribution >= 0.6 is 0 Å². The van der Waals surface area contributed by atoms with E-state index in [0.29, 0.717) is 0 Å². The first-order chi connectivity index (χ1) is 3.79. The van der Waals surface area contributed by atoms with E-state index in [1.807, 2.05) is 6.92 Å². The van der Waals surface area contributed by atoms with Gasteiger partial charge in [-0.2, -0.15) is 0 Å². The lowest BCUT2D eigenvalue weighted by atomic mass is 10.4. The molecule has 44 valence electrons. The van der Waals surface area contributed by atoms with Crippen molar-refractivity contribution < 1.29 is 0 Å². The fourth-order valence-electron chi connectivity index (χ4n) is 0.571. The Labute approximate surface area is 48.3 Å². The summed E-state index contributed by atoms with van der Waals surface area (Å²) >= 11 is 0. The fraction of sp³-hybridized carbons (Fsp3) is 0.400. The van der Waals surface area contributed by atoms with Gasteiger partial charge >= 0.3 is 0 Å². The largest absolute Gasteiger partial charge is 0.351 e. The van der Waals surface area contributed by atoms with Crippen LogP contribution in [0.4, 0.5) is 0 Å². The predicted molar refractivity (Wildman–Crippen MR) is 33.4 cm³/mol. The lowest BCUT2D eigenvalue weighted by Gasteiger charge is -2.08. The van der Waals surface area contributed by atoms with E-state index >= 15 is 0 Å². The maximum absolute atomic E-state index is 5.41. The van der Waals surface area contributed by atoms with E-state index < -0.39 is 0 Å². The summed E-state index contributed by atoms with van der Waals surface area (Å²) in [5, 5.41) is 2.90. The van der Waals surface area contributed by atoms with Crippen molar-refractivity contribution in [1.82, 2.24) is 5.32 Å². The molecule has 1 rings (SSSR count). The molecular weight excluding hydrogens is 102 g/mol. The Kier molecular flexibility index (Phi) is 1.30. The summed E-state index contributed by atoms with van der Waals surface area (Å²) in [5.74, 6) is 0.875. The highest BCUT2D eigenvalue weighted by Crippen LogP contribution is 1.89. The van der Waals surface area contributed by atoms with Gasteiger partial charge in [0.2, 0.25) is 0 Å². The molecule has 0 bridgehead atoms. The molecule has 0 radical (unpaired) electrons. The second kappa shape index (κ2) is 1.96. The van der Waals surface area contributed by atoms with Crippen molar-refractivity contribution in [2.45, 2.75) is 13.1 Å². The molecule has 0 aromatic carbocycles. The Morgan fingerprint density at radius 1 is 1.88 bits per heavy atom. The van der Waals surface area contributed by atoms with Gasteiger partial charge in [0.05, 0.1) is 5.84 Å². The van der Waals surface area contributed by atoms with E-state index in [1.165, 1.54) is 0 Å². The number of hydrogen-bond acceptors (Lipinski definition) is 3. The number of rotatable bonds is 0. The monoisotopic (exact) mass is 111 g/mol. The smallest absolute Gasteiger partial charge is 0.119 e. The molecule has 3 nitrogen and oxygen atoms in total. The third-order valence-corrected chi connectivity index (χ3v) is 0.928. The SMILES string of the molecule is CC1=NC(N)C=CN1. The van der Waals surface area contributed by atoms with Gasteiger partial charge in [0.15, 0.2) is 0 Å². The third-order valence-electron chi connectivity index (χ3n) is 0.928. The zero-order valence-corrected chi connectivity index (χ0v) is 4.76. The van der Waals surface area contributed by atoms with E-state index in [-0.39, 0.29) is 6.17 Å². The number of amidine groups is 1. The molecule has 3 N–H and O–H groups in total. The van der Waals surface area contributed by atoms with Crippen LogP contribution < -0.4 is 11.1 Å². The van der Waals surface area contributed by atoms with Crippen LogP contribution in [0, 0.1) is 0 Å². The minimum atomic E-state index is -0.142. The lowest BCUT2D eigenvalue weighted by Crippen LogP contribution is -2.26. The highest BCUT2D eigenvalue weighted by atomic mass is 15.1. The molecule has 0 aromatic heterocycles. The first-order valence-corrected chi connectivity index (χ1v) is 2.52. The molecular formula is C5H9N3. The minimum Gasteiger partial charge on any atom is -0.351 e. The molecule has 0 amide bonds. The maximum Gasteiger partial charge on any atom is 0.119 e. The Hall–Kier alpha value is -0.830. The standard InChI is InChI=1S/C5H9N3/c1-4-7-3-2-5(6)8-4/h2-3,5H,6H2,1H3,(H,7,8). The summed E-state index contributed by atoms with van der Waals surface area (Å²) in [6.45, 7) is 1.88. The van der Waals surface area contributed by atoms with Crippen molar-refractivity contribution in [2.24, 2.45) is 10.7 Å². The average molecular weight is 111 g/mol.